The summed E-state index contributed by atoms with van der Waals surface area (Å²) in [5.74, 6) is 3.55. The predicted octanol–water partition coefficient (Wildman–Crippen LogP) is 7.35. The third-order valence-electron chi connectivity index (χ3n) is 8.69. The van der Waals surface area contributed by atoms with Crippen molar-refractivity contribution in [3.8, 4) is 11.3 Å². The molecule has 0 aliphatic heterocycles. The largest absolute Gasteiger partial charge is 0.212 e. The van der Waals surface area contributed by atoms with Crippen molar-refractivity contribution in [2.45, 2.75) is 96.3 Å². The van der Waals surface area contributed by atoms with E-state index in [0.29, 0.717) is 0 Å². The Labute approximate surface area is 183 Å². The van der Waals surface area contributed by atoms with Crippen LogP contribution in [0.1, 0.15) is 106 Å². The molecule has 0 amide bonds. The van der Waals surface area contributed by atoms with Gasteiger partial charge >= 0.3 is 0 Å². The Hall–Kier alpha value is -1.63. The molecular formula is C29H40N+. The van der Waals surface area contributed by atoms with Crippen molar-refractivity contribution in [3.05, 3.63) is 52.7 Å². The Balaban J connectivity index is 1.62. The molecule has 2 saturated carbocycles. The van der Waals surface area contributed by atoms with Crippen LogP contribution >= 0.6 is 0 Å². The van der Waals surface area contributed by atoms with Crippen molar-refractivity contribution in [2.24, 2.45) is 18.9 Å². The SMILES string of the molecule is Cc1cc2c(cc1-c1ccc(C(C)(C)C)c[n+]1C)C1CCCCC1C1CCCCC21. The monoisotopic (exact) mass is 402 g/mol. The lowest BCUT2D eigenvalue weighted by atomic mass is 9.55. The summed E-state index contributed by atoms with van der Waals surface area (Å²) in [5.41, 5.74) is 9.33. The first-order valence-corrected chi connectivity index (χ1v) is 12.5. The molecule has 1 nitrogen and oxygen atoms in total. The van der Waals surface area contributed by atoms with Gasteiger partial charge in [0.2, 0.25) is 5.69 Å². The number of nitrogens with zero attached hydrogens (tertiary/aromatic N) is 1. The lowest BCUT2D eigenvalue weighted by molar-refractivity contribution is -0.661. The van der Waals surface area contributed by atoms with Crippen LogP contribution in [0.15, 0.2) is 30.5 Å². The summed E-state index contributed by atoms with van der Waals surface area (Å²) < 4.78 is 2.36. The zero-order chi connectivity index (χ0) is 21.0. The van der Waals surface area contributed by atoms with E-state index in [9.17, 15) is 0 Å². The molecule has 30 heavy (non-hydrogen) atoms. The molecule has 4 atom stereocenters. The van der Waals surface area contributed by atoms with E-state index in [4.69, 9.17) is 0 Å². The van der Waals surface area contributed by atoms with Crippen molar-refractivity contribution in [1.29, 1.82) is 0 Å². The zero-order valence-electron chi connectivity index (χ0n) is 19.8. The van der Waals surface area contributed by atoms with Crippen LogP contribution in [-0.4, -0.2) is 0 Å². The molecule has 5 rings (SSSR count). The fourth-order valence-electron chi connectivity index (χ4n) is 7.11. The summed E-state index contributed by atoms with van der Waals surface area (Å²) in [5, 5.41) is 0. The Morgan fingerprint density at radius 1 is 0.800 bits per heavy atom. The van der Waals surface area contributed by atoms with Crippen molar-refractivity contribution in [1.82, 2.24) is 0 Å². The number of hydrogen-bond donors (Lipinski definition) is 0. The van der Waals surface area contributed by atoms with Crippen LogP contribution in [0.2, 0.25) is 0 Å². The lowest BCUT2D eigenvalue weighted by Gasteiger charge is -2.49. The number of hydrogen-bond acceptors (Lipinski definition) is 0. The molecule has 0 N–H and O–H groups in total. The van der Waals surface area contributed by atoms with Crippen LogP contribution in [0, 0.1) is 18.8 Å². The molecule has 0 radical (unpaired) electrons. The molecule has 3 aliphatic carbocycles. The summed E-state index contributed by atoms with van der Waals surface area (Å²) >= 11 is 0. The van der Waals surface area contributed by atoms with Crippen LogP contribution in [0.3, 0.4) is 0 Å². The molecule has 1 aromatic heterocycles. The van der Waals surface area contributed by atoms with Gasteiger partial charge < -0.3 is 0 Å². The fourth-order valence-corrected chi connectivity index (χ4v) is 7.11. The van der Waals surface area contributed by atoms with Gasteiger partial charge in [0.05, 0.1) is 0 Å². The molecule has 0 saturated heterocycles. The van der Waals surface area contributed by atoms with Gasteiger partial charge in [-0.15, -0.1) is 0 Å². The fraction of sp³-hybridized carbons (Fsp3) is 0.621. The van der Waals surface area contributed by atoms with E-state index >= 15 is 0 Å². The molecule has 2 aromatic rings. The lowest BCUT2D eigenvalue weighted by Crippen LogP contribution is -2.37. The van der Waals surface area contributed by atoms with Crippen LogP contribution in [0.5, 0.6) is 0 Å². The van der Waals surface area contributed by atoms with Crippen LogP contribution in [-0.2, 0) is 12.5 Å². The highest BCUT2D eigenvalue weighted by molar-refractivity contribution is 5.65. The van der Waals surface area contributed by atoms with E-state index < -0.39 is 0 Å². The van der Waals surface area contributed by atoms with Crippen molar-refractivity contribution >= 4 is 0 Å². The molecular weight excluding hydrogens is 362 g/mol. The molecule has 2 fully saturated rings. The Bertz CT molecular complexity index is 948. The van der Waals surface area contributed by atoms with Gasteiger partial charge in [0, 0.05) is 17.2 Å². The smallest absolute Gasteiger partial charge is 0.201 e. The highest BCUT2D eigenvalue weighted by atomic mass is 14.9. The highest BCUT2D eigenvalue weighted by Gasteiger charge is 2.44. The van der Waals surface area contributed by atoms with Gasteiger partial charge in [0.15, 0.2) is 6.20 Å². The summed E-state index contributed by atoms with van der Waals surface area (Å²) in [7, 11) is 2.23. The van der Waals surface area contributed by atoms with Gasteiger partial charge in [0.1, 0.15) is 7.05 Å². The molecule has 1 heterocycles. The second-order valence-corrected chi connectivity index (χ2v) is 11.6. The summed E-state index contributed by atoms with van der Waals surface area (Å²) in [4.78, 5) is 0. The maximum absolute atomic E-state index is 2.63. The standard InChI is InChI=1S/C29H40N/c1-19-16-26-23-12-8-6-10-21(23)22-11-7-9-13-24(22)27(26)17-25(19)28-15-14-20(18-30(28)5)29(2,3)4/h14-18,21-24H,6-13H2,1-5H3/q+1. The van der Waals surface area contributed by atoms with Crippen LogP contribution in [0.25, 0.3) is 11.3 Å². The van der Waals surface area contributed by atoms with Gasteiger partial charge in [-0.25, -0.2) is 4.57 Å². The number of benzene rings is 1. The van der Waals surface area contributed by atoms with Gasteiger partial charge in [0.25, 0.3) is 0 Å². The quantitative estimate of drug-likeness (QED) is 0.439. The average molecular weight is 403 g/mol. The molecule has 0 bridgehead atoms. The topological polar surface area (TPSA) is 3.88 Å². The average Bonchev–Trinajstić information content (AvgIpc) is 2.73. The molecule has 3 aliphatic rings. The van der Waals surface area contributed by atoms with E-state index in [1.807, 2.05) is 0 Å². The first kappa shape index (κ1) is 20.3. The molecule has 160 valence electrons. The first-order chi connectivity index (χ1) is 14.3. The zero-order valence-corrected chi connectivity index (χ0v) is 19.8. The van der Waals surface area contributed by atoms with E-state index in [-0.39, 0.29) is 5.41 Å². The number of aryl methyl sites for hydroxylation is 2. The highest BCUT2D eigenvalue weighted by Crippen LogP contribution is 2.57. The normalized spacial score (nSPS) is 28.4. The van der Waals surface area contributed by atoms with Crippen molar-refractivity contribution in [3.63, 3.8) is 0 Å². The minimum atomic E-state index is 0.187. The van der Waals surface area contributed by atoms with Crippen molar-refractivity contribution in [2.75, 3.05) is 0 Å². The Morgan fingerprint density at radius 2 is 1.37 bits per heavy atom. The first-order valence-electron chi connectivity index (χ1n) is 12.5. The molecule has 1 aromatic carbocycles. The maximum atomic E-state index is 2.63. The van der Waals surface area contributed by atoms with Crippen molar-refractivity contribution < 1.29 is 4.57 Å². The Morgan fingerprint density at radius 3 is 1.93 bits per heavy atom. The third kappa shape index (κ3) is 3.33. The third-order valence-corrected chi connectivity index (χ3v) is 8.69. The van der Waals surface area contributed by atoms with E-state index in [1.165, 1.54) is 73.8 Å². The van der Waals surface area contributed by atoms with E-state index in [1.54, 1.807) is 11.1 Å². The molecule has 4 unspecified atom stereocenters. The number of aromatic nitrogens is 1. The minimum absolute atomic E-state index is 0.187. The summed E-state index contributed by atoms with van der Waals surface area (Å²) in [6.07, 6.45) is 13.9. The molecule has 1 heteroatoms. The Kier molecular flexibility index (Phi) is 5.07. The van der Waals surface area contributed by atoms with Gasteiger partial charge in [-0.1, -0.05) is 52.5 Å². The maximum Gasteiger partial charge on any atom is 0.212 e. The number of rotatable bonds is 1. The van der Waals surface area contributed by atoms with Gasteiger partial charge in [-0.05, 0) is 90.5 Å². The van der Waals surface area contributed by atoms with Gasteiger partial charge in [-0.3, -0.25) is 0 Å². The van der Waals surface area contributed by atoms with E-state index in [2.05, 4.69) is 69.8 Å². The summed E-state index contributed by atoms with van der Waals surface area (Å²) in [6, 6.07) is 9.94. The van der Waals surface area contributed by atoms with Gasteiger partial charge in [-0.2, -0.15) is 0 Å². The predicted molar refractivity (Wildman–Crippen MR) is 126 cm³/mol. The number of fused-ring (bicyclic) bond motifs is 6. The van der Waals surface area contributed by atoms with Crippen LogP contribution < -0.4 is 4.57 Å². The second-order valence-electron chi connectivity index (χ2n) is 11.6. The van der Waals surface area contributed by atoms with E-state index in [0.717, 1.165) is 23.7 Å². The number of pyridine rings is 1. The second kappa shape index (κ2) is 7.50. The minimum Gasteiger partial charge on any atom is -0.201 e. The van der Waals surface area contributed by atoms with Crippen LogP contribution in [0.4, 0.5) is 0 Å². The molecule has 0 spiro atoms. The summed E-state index contributed by atoms with van der Waals surface area (Å²) in [6.45, 7) is 9.25.